The third-order valence-electron chi connectivity index (χ3n) is 1.90. The molecule has 0 radical (unpaired) electrons. The van der Waals surface area contributed by atoms with E-state index in [0.717, 1.165) is 11.0 Å². The van der Waals surface area contributed by atoms with E-state index in [1.54, 1.807) is 12.1 Å². The molecule has 4 nitrogen and oxygen atoms in total. The monoisotopic (exact) mass is 239 g/mol. The standard InChI is InChI=1S/C9H9N3OS2/c13-8(4-14)10-5-1-2-6-7(3-5)12-9(15)11-6/h1-3,14H,4H2,(H,10,13)(H2,11,12,15). The zero-order chi connectivity index (χ0) is 10.8. The maximum Gasteiger partial charge on any atom is 0.234 e. The molecule has 1 heterocycles. The molecule has 0 bridgehead atoms. The van der Waals surface area contributed by atoms with E-state index in [0.29, 0.717) is 10.8 Å². The highest BCUT2D eigenvalue weighted by Crippen LogP contribution is 2.18. The molecule has 2 N–H and O–H groups in total. The molecule has 1 aromatic heterocycles. The second-order valence-electron chi connectivity index (χ2n) is 3.00. The lowest BCUT2D eigenvalue weighted by Crippen LogP contribution is -2.12. The van der Waals surface area contributed by atoms with Crippen molar-refractivity contribution in [1.82, 2.24) is 9.97 Å². The minimum absolute atomic E-state index is 0.140. The Morgan fingerprint density at radius 2 is 2.33 bits per heavy atom. The van der Waals surface area contributed by atoms with Crippen LogP contribution in [0.3, 0.4) is 0 Å². The van der Waals surface area contributed by atoms with Crippen molar-refractivity contribution in [3.63, 3.8) is 0 Å². The quantitative estimate of drug-likeness (QED) is 0.603. The van der Waals surface area contributed by atoms with Crippen molar-refractivity contribution in [2.45, 2.75) is 5.16 Å². The number of hydrogen-bond donors (Lipinski definition) is 4. The van der Waals surface area contributed by atoms with Gasteiger partial charge in [0.2, 0.25) is 5.91 Å². The molecular weight excluding hydrogens is 230 g/mol. The van der Waals surface area contributed by atoms with Gasteiger partial charge in [0.25, 0.3) is 0 Å². The van der Waals surface area contributed by atoms with Crippen LogP contribution >= 0.6 is 25.3 Å². The van der Waals surface area contributed by atoms with Gasteiger partial charge in [-0.1, -0.05) is 0 Å². The molecule has 0 aliphatic rings. The van der Waals surface area contributed by atoms with Crippen molar-refractivity contribution in [1.29, 1.82) is 0 Å². The topological polar surface area (TPSA) is 57.8 Å². The number of aromatic nitrogens is 2. The average molecular weight is 239 g/mol. The lowest BCUT2D eigenvalue weighted by molar-refractivity contribution is -0.113. The Bertz CT molecular complexity index is 509. The van der Waals surface area contributed by atoms with E-state index in [4.69, 9.17) is 0 Å². The fourth-order valence-electron chi connectivity index (χ4n) is 1.27. The van der Waals surface area contributed by atoms with E-state index < -0.39 is 0 Å². The van der Waals surface area contributed by atoms with Gasteiger partial charge >= 0.3 is 0 Å². The molecule has 0 saturated heterocycles. The van der Waals surface area contributed by atoms with Gasteiger partial charge in [-0.25, -0.2) is 4.98 Å². The third-order valence-corrected chi connectivity index (χ3v) is 2.40. The number of rotatable bonds is 2. The molecule has 2 aromatic rings. The first-order chi connectivity index (χ1) is 7.19. The number of imidazole rings is 1. The molecule has 0 fully saturated rings. The number of amides is 1. The van der Waals surface area contributed by atoms with Crippen LogP contribution in [0.4, 0.5) is 5.69 Å². The molecule has 0 aliphatic heterocycles. The summed E-state index contributed by atoms with van der Waals surface area (Å²) in [5.74, 6) is 0.0236. The summed E-state index contributed by atoms with van der Waals surface area (Å²) in [6, 6.07) is 5.43. The summed E-state index contributed by atoms with van der Waals surface area (Å²) in [5, 5.41) is 3.26. The Morgan fingerprint density at radius 3 is 3.07 bits per heavy atom. The fraction of sp³-hybridized carbons (Fsp3) is 0.111. The van der Waals surface area contributed by atoms with Crippen LogP contribution in [0.25, 0.3) is 11.0 Å². The number of carbonyl (C=O) groups is 1. The van der Waals surface area contributed by atoms with E-state index in [-0.39, 0.29) is 11.7 Å². The highest BCUT2D eigenvalue weighted by atomic mass is 32.1. The van der Waals surface area contributed by atoms with Crippen LogP contribution in [0.15, 0.2) is 23.4 Å². The number of H-pyrrole nitrogens is 1. The van der Waals surface area contributed by atoms with Crippen LogP contribution in [0, 0.1) is 0 Å². The van der Waals surface area contributed by atoms with Gasteiger partial charge in [0.15, 0.2) is 5.16 Å². The lowest BCUT2D eigenvalue weighted by atomic mass is 10.3. The number of nitrogens with zero attached hydrogens (tertiary/aromatic N) is 1. The molecule has 0 spiro atoms. The lowest BCUT2D eigenvalue weighted by Gasteiger charge is -2.01. The molecule has 78 valence electrons. The van der Waals surface area contributed by atoms with Crippen molar-refractivity contribution >= 4 is 47.9 Å². The number of hydrogen-bond acceptors (Lipinski definition) is 4. The summed E-state index contributed by atoms with van der Waals surface area (Å²) < 4.78 is 0. The maximum atomic E-state index is 11.1. The molecule has 0 saturated carbocycles. The molecule has 0 unspecified atom stereocenters. The van der Waals surface area contributed by atoms with Crippen LogP contribution in [0.5, 0.6) is 0 Å². The zero-order valence-electron chi connectivity index (χ0n) is 7.69. The predicted molar refractivity (Wildman–Crippen MR) is 65.8 cm³/mol. The van der Waals surface area contributed by atoms with Crippen molar-refractivity contribution in [2.24, 2.45) is 0 Å². The van der Waals surface area contributed by atoms with Gasteiger partial charge < -0.3 is 10.3 Å². The molecule has 0 aliphatic carbocycles. The minimum Gasteiger partial charge on any atom is -0.333 e. The van der Waals surface area contributed by atoms with Crippen LogP contribution in [-0.2, 0) is 4.79 Å². The number of anilines is 1. The number of carbonyl (C=O) groups excluding carboxylic acids is 1. The number of fused-ring (bicyclic) bond motifs is 1. The smallest absolute Gasteiger partial charge is 0.234 e. The summed E-state index contributed by atoms with van der Waals surface area (Å²) in [7, 11) is 0. The van der Waals surface area contributed by atoms with E-state index in [1.165, 1.54) is 0 Å². The van der Waals surface area contributed by atoms with E-state index in [1.807, 2.05) is 6.07 Å². The third kappa shape index (κ3) is 2.27. The molecule has 15 heavy (non-hydrogen) atoms. The van der Waals surface area contributed by atoms with Gasteiger partial charge in [-0.05, 0) is 18.2 Å². The van der Waals surface area contributed by atoms with Crippen LogP contribution in [0.1, 0.15) is 0 Å². The summed E-state index contributed by atoms with van der Waals surface area (Å²) >= 11 is 7.98. The number of aromatic amines is 1. The molecule has 0 atom stereocenters. The normalized spacial score (nSPS) is 10.5. The zero-order valence-corrected chi connectivity index (χ0v) is 9.48. The first-order valence-electron chi connectivity index (χ1n) is 4.28. The van der Waals surface area contributed by atoms with Crippen LogP contribution < -0.4 is 5.32 Å². The van der Waals surface area contributed by atoms with Crippen LogP contribution in [-0.4, -0.2) is 21.6 Å². The van der Waals surface area contributed by atoms with E-state index in [2.05, 4.69) is 40.5 Å². The number of thiol groups is 2. The molecule has 2 rings (SSSR count). The number of nitrogens with one attached hydrogen (secondary N) is 2. The maximum absolute atomic E-state index is 11.1. The van der Waals surface area contributed by atoms with Crippen molar-refractivity contribution < 1.29 is 4.79 Å². The first-order valence-corrected chi connectivity index (χ1v) is 5.36. The Hall–Kier alpha value is -1.14. The Morgan fingerprint density at radius 1 is 1.53 bits per heavy atom. The van der Waals surface area contributed by atoms with Gasteiger partial charge in [0, 0.05) is 5.69 Å². The Labute approximate surface area is 97.3 Å². The van der Waals surface area contributed by atoms with Crippen molar-refractivity contribution in [2.75, 3.05) is 11.1 Å². The second-order valence-corrected chi connectivity index (χ2v) is 3.74. The second kappa shape index (κ2) is 4.16. The van der Waals surface area contributed by atoms with Gasteiger partial charge in [0.1, 0.15) is 0 Å². The Balaban J connectivity index is 2.33. The highest BCUT2D eigenvalue weighted by molar-refractivity contribution is 7.81. The number of benzene rings is 1. The molecule has 1 amide bonds. The fourth-order valence-corrected chi connectivity index (χ4v) is 1.58. The minimum atomic E-state index is -0.140. The summed E-state index contributed by atoms with van der Waals surface area (Å²) in [6.07, 6.45) is 0. The SMILES string of the molecule is O=C(CS)Nc1ccc2[nH]c(S)nc2c1. The summed E-state index contributed by atoms with van der Waals surface area (Å²) in [4.78, 5) is 18.2. The largest absolute Gasteiger partial charge is 0.333 e. The van der Waals surface area contributed by atoms with Crippen molar-refractivity contribution in [3.8, 4) is 0 Å². The highest BCUT2D eigenvalue weighted by Gasteiger charge is 2.03. The molecule has 6 heteroatoms. The van der Waals surface area contributed by atoms with Crippen molar-refractivity contribution in [3.05, 3.63) is 18.2 Å². The van der Waals surface area contributed by atoms with Crippen LogP contribution in [0.2, 0.25) is 0 Å². The Kier molecular flexibility index (Phi) is 2.88. The van der Waals surface area contributed by atoms with E-state index in [9.17, 15) is 4.79 Å². The van der Waals surface area contributed by atoms with E-state index >= 15 is 0 Å². The van der Waals surface area contributed by atoms with Gasteiger partial charge in [-0.2, -0.15) is 12.6 Å². The van der Waals surface area contributed by atoms with Gasteiger partial charge in [-0.15, -0.1) is 12.6 Å². The molecule has 1 aromatic carbocycles. The van der Waals surface area contributed by atoms with Gasteiger partial charge in [0.05, 0.1) is 16.8 Å². The summed E-state index contributed by atoms with van der Waals surface area (Å²) in [5.41, 5.74) is 2.38. The first kappa shape index (κ1) is 10.4. The average Bonchev–Trinajstić information content (AvgIpc) is 2.57. The predicted octanol–water partition coefficient (Wildman–Crippen LogP) is 1.72. The van der Waals surface area contributed by atoms with Gasteiger partial charge in [-0.3, -0.25) is 4.79 Å². The molecular formula is C9H9N3OS2. The summed E-state index contributed by atoms with van der Waals surface area (Å²) in [6.45, 7) is 0.